The predicted octanol–water partition coefficient (Wildman–Crippen LogP) is 3.67. The van der Waals surface area contributed by atoms with Gasteiger partial charge in [0.25, 0.3) is 0 Å². The average Bonchev–Trinajstić information content (AvgIpc) is 2.81. The summed E-state index contributed by atoms with van der Waals surface area (Å²) in [6.07, 6.45) is 13.7. The average molecular weight is 273 g/mol. The van der Waals surface area contributed by atoms with Crippen molar-refractivity contribution in [3.63, 3.8) is 0 Å². The summed E-state index contributed by atoms with van der Waals surface area (Å²) in [7, 11) is 0. The van der Waals surface area contributed by atoms with Gasteiger partial charge in [0.15, 0.2) is 0 Å². The summed E-state index contributed by atoms with van der Waals surface area (Å²) in [6.45, 7) is 4.95. The molecule has 4 rings (SSSR count). The number of hydrogen-bond acceptors (Lipinski definition) is 1. The maximum Gasteiger partial charge on any atom is 0.243 e. The number of amides is 1. The number of carbonyl (C=O) groups is 1. The maximum absolute atomic E-state index is 11.7. The molecule has 0 bridgehead atoms. The molecule has 1 aliphatic heterocycles. The highest BCUT2D eigenvalue weighted by Gasteiger charge is 2.57. The van der Waals surface area contributed by atoms with Gasteiger partial charge in [-0.3, -0.25) is 4.79 Å². The summed E-state index contributed by atoms with van der Waals surface area (Å²) < 4.78 is 0. The molecule has 3 fully saturated rings. The summed E-state index contributed by atoms with van der Waals surface area (Å²) in [5, 5.41) is 3.24. The minimum atomic E-state index is 0.118. The van der Waals surface area contributed by atoms with Crippen LogP contribution in [0, 0.1) is 28.6 Å². The molecule has 3 aliphatic carbocycles. The molecule has 4 aliphatic rings. The first kappa shape index (κ1) is 12.9. The summed E-state index contributed by atoms with van der Waals surface area (Å²) in [6, 6.07) is 0.381. The van der Waals surface area contributed by atoms with Crippen molar-refractivity contribution >= 4 is 5.91 Å². The molecule has 2 nitrogen and oxygen atoms in total. The highest BCUT2D eigenvalue weighted by Crippen LogP contribution is 2.63. The summed E-state index contributed by atoms with van der Waals surface area (Å²) in [4.78, 5) is 11.7. The topological polar surface area (TPSA) is 29.1 Å². The van der Waals surface area contributed by atoms with Gasteiger partial charge in [0, 0.05) is 11.5 Å². The van der Waals surface area contributed by atoms with Crippen LogP contribution in [0.3, 0.4) is 0 Å². The van der Waals surface area contributed by atoms with Crippen molar-refractivity contribution in [3.05, 3.63) is 12.2 Å². The van der Waals surface area contributed by atoms with Crippen LogP contribution >= 0.6 is 0 Å². The van der Waals surface area contributed by atoms with Crippen LogP contribution in [0.4, 0.5) is 0 Å². The highest BCUT2D eigenvalue weighted by atomic mass is 16.1. The van der Waals surface area contributed by atoms with Crippen molar-refractivity contribution in [2.75, 3.05) is 0 Å². The van der Waals surface area contributed by atoms with E-state index in [0.717, 1.165) is 17.8 Å². The lowest BCUT2D eigenvalue weighted by Crippen LogP contribution is -2.58. The van der Waals surface area contributed by atoms with E-state index in [-0.39, 0.29) is 11.3 Å². The molecule has 3 saturated carbocycles. The Bertz CT molecular complexity index is 470. The van der Waals surface area contributed by atoms with Gasteiger partial charge >= 0.3 is 0 Å². The minimum absolute atomic E-state index is 0.118. The Morgan fingerprint density at radius 1 is 1.10 bits per heavy atom. The van der Waals surface area contributed by atoms with Gasteiger partial charge in [0.05, 0.1) is 0 Å². The zero-order valence-electron chi connectivity index (χ0n) is 12.8. The van der Waals surface area contributed by atoms with Gasteiger partial charge in [0.2, 0.25) is 5.91 Å². The van der Waals surface area contributed by atoms with Crippen LogP contribution in [0.25, 0.3) is 0 Å². The Morgan fingerprint density at radius 3 is 2.80 bits per heavy atom. The molecule has 0 spiro atoms. The van der Waals surface area contributed by atoms with Crippen LogP contribution in [0.2, 0.25) is 0 Å². The molecule has 2 heteroatoms. The Kier molecular flexibility index (Phi) is 2.66. The molecule has 0 aromatic heterocycles. The lowest BCUT2D eigenvalue weighted by molar-refractivity contribution is -0.122. The van der Waals surface area contributed by atoms with E-state index in [1.54, 1.807) is 6.08 Å². The Labute approximate surface area is 122 Å². The van der Waals surface area contributed by atoms with Crippen molar-refractivity contribution in [1.82, 2.24) is 5.32 Å². The Morgan fingerprint density at radius 2 is 1.95 bits per heavy atom. The van der Waals surface area contributed by atoms with Crippen molar-refractivity contribution in [1.29, 1.82) is 0 Å². The van der Waals surface area contributed by atoms with Gasteiger partial charge in [-0.05, 0) is 67.8 Å². The van der Waals surface area contributed by atoms with Crippen LogP contribution < -0.4 is 5.32 Å². The number of rotatable bonds is 0. The van der Waals surface area contributed by atoms with Crippen LogP contribution in [-0.4, -0.2) is 11.9 Å². The van der Waals surface area contributed by atoms with Gasteiger partial charge in [-0.1, -0.05) is 26.3 Å². The van der Waals surface area contributed by atoms with Crippen molar-refractivity contribution < 1.29 is 4.79 Å². The van der Waals surface area contributed by atoms with Gasteiger partial charge in [-0.15, -0.1) is 0 Å². The molecule has 1 amide bonds. The Hall–Kier alpha value is -0.790. The summed E-state index contributed by atoms with van der Waals surface area (Å²) in [5.41, 5.74) is 0.840. The second-order valence-corrected chi connectivity index (χ2v) is 8.30. The number of carbonyl (C=O) groups excluding carboxylic acids is 1. The first-order chi connectivity index (χ1) is 9.53. The smallest absolute Gasteiger partial charge is 0.243 e. The van der Waals surface area contributed by atoms with E-state index in [9.17, 15) is 4.79 Å². The van der Waals surface area contributed by atoms with E-state index < -0.39 is 0 Å². The monoisotopic (exact) mass is 273 g/mol. The first-order valence-electron chi connectivity index (χ1n) is 8.53. The van der Waals surface area contributed by atoms with E-state index >= 15 is 0 Å². The zero-order valence-corrected chi connectivity index (χ0v) is 12.8. The molecular weight excluding hydrogens is 246 g/mol. The van der Waals surface area contributed by atoms with E-state index in [2.05, 4.69) is 25.2 Å². The third-order valence-corrected chi connectivity index (χ3v) is 7.47. The molecule has 6 atom stereocenters. The van der Waals surface area contributed by atoms with E-state index in [1.807, 2.05) is 0 Å². The molecule has 0 aromatic carbocycles. The lowest BCUT2D eigenvalue weighted by atomic mass is 9.49. The third kappa shape index (κ3) is 1.60. The number of fused-ring (bicyclic) bond motifs is 5. The molecular formula is C18H27NO. The van der Waals surface area contributed by atoms with Gasteiger partial charge in [-0.25, -0.2) is 0 Å². The second-order valence-electron chi connectivity index (χ2n) is 8.30. The van der Waals surface area contributed by atoms with E-state index in [1.165, 1.54) is 44.9 Å². The molecule has 110 valence electrons. The number of nitrogens with one attached hydrogen (secondary N) is 1. The number of hydrogen-bond donors (Lipinski definition) is 1. The van der Waals surface area contributed by atoms with Gasteiger partial charge in [-0.2, -0.15) is 0 Å². The highest BCUT2D eigenvalue weighted by molar-refractivity contribution is 5.89. The fourth-order valence-corrected chi connectivity index (χ4v) is 6.33. The van der Waals surface area contributed by atoms with Crippen molar-refractivity contribution in [3.8, 4) is 0 Å². The largest absolute Gasteiger partial charge is 0.349 e. The fraction of sp³-hybridized carbons (Fsp3) is 0.833. The first-order valence-corrected chi connectivity index (χ1v) is 8.53. The van der Waals surface area contributed by atoms with Gasteiger partial charge in [0.1, 0.15) is 0 Å². The minimum Gasteiger partial charge on any atom is -0.349 e. The van der Waals surface area contributed by atoms with Crippen molar-refractivity contribution in [2.24, 2.45) is 28.6 Å². The van der Waals surface area contributed by atoms with E-state index in [4.69, 9.17) is 0 Å². The molecule has 0 unspecified atom stereocenters. The molecule has 0 radical (unpaired) electrons. The van der Waals surface area contributed by atoms with Crippen LogP contribution in [0.5, 0.6) is 0 Å². The van der Waals surface area contributed by atoms with Crippen LogP contribution in [0.1, 0.15) is 58.8 Å². The van der Waals surface area contributed by atoms with Crippen LogP contribution in [0.15, 0.2) is 12.2 Å². The standard InChI is InChI=1S/C18H27NO/c1-17-9-3-4-13(17)12-5-6-15-18(2,14(12)7-10-17)11-8-16(20)19-15/h8,11-15H,3-7,9-10H2,1-2H3,(H,19,20)/t12-,13-,14-,15+,17-,18+/m0/s1. The Balaban J connectivity index is 1.68. The molecule has 1 N–H and O–H groups in total. The van der Waals surface area contributed by atoms with Gasteiger partial charge < -0.3 is 5.32 Å². The van der Waals surface area contributed by atoms with Crippen LogP contribution in [-0.2, 0) is 4.79 Å². The zero-order chi connectivity index (χ0) is 14.0. The molecule has 0 aromatic rings. The second kappa shape index (κ2) is 4.11. The molecule has 1 heterocycles. The predicted molar refractivity (Wildman–Crippen MR) is 80.1 cm³/mol. The maximum atomic E-state index is 11.7. The normalized spacial score (nSPS) is 53.8. The fourth-order valence-electron chi connectivity index (χ4n) is 6.33. The SMILES string of the molecule is C[C@@]12CCC[C@H]1[C@@H]1CC[C@H]3NC(=O)C=C[C@]3(C)[C@H]1CC2. The molecule has 0 saturated heterocycles. The summed E-state index contributed by atoms with van der Waals surface area (Å²) >= 11 is 0. The third-order valence-electron chi connectivity index (χ3n) is 7.47. The summed E-state index contributed by atoms with van der Waals surface area (Å²) in [5.74, 6) is 2.75. The quantitative estimate of drug-likeness (QED) is 0.717. The molecule has 20 heavy (non-hydrogen) atoms. The van der Waals surface area contributed by atoms with Crippen molar-refractivity contribution in [2.45, 2.75) is 64.8 Å². The lowest BCUT2D eigenvalue weighted by Gasteiger charge is -2.58. The van der Waals surface area contributed by atoms with E-state index in [0.29, 0.717) is 11.5 Å².